The Morgan fingerprint density at radius 1 is 1.00 bits per heavy atom. The van der Waals surface area contributed by atoms with Crippen molar-refractivity contribution in [3.05, 3.63) is 65.9 Å². The molecule has 0 unspecified atom stereocenters. The SMILES string of the molecule is NCCCc1cn(Cc2ccc(O)cc2)c2ccccc12. The van der Waals surface area contributed by atoms with Crippen LogP contribution in [0.4, 0.5) is 0 Å². The summed E-state index contributed by atoms with van der Waals surface area (Å²) >= 11 is 0. The van der Waals surface area contributed by atoms with Gasteiger partial charge in [0, 0.05) is 23.6 Å². The number of phenols is 1. The summed E-state index contributed by atoms with van der Waals surface area (Å²) in [5, 5.41) is 10.7. The fourth-order valence-corrected chi connectivity index (χ4v) is 2.74. The summed E-state index contributed by atoms with van der Waals surface area (Å²) in [6.07, 6.45) is 4.25. The van der Waals surface area contributed by atoms with E-state index < -0.39 is 0 Å². The summed E-state index contributed by atoms with van der Waals surface area (Å²) in [6, 6.07) is 15.9. The number of para-hydroxylation sites is 1. The molecule has 0 aliphatic rings. The van der Waals surface area contributed by atoms with Gasteiger partial charge in [0.2, 0.25) is 0 Å². The number of benzene rings is 2. The van der Waals surface area contributed by atoms with Gasteiger partial charge < -0.3 is 15.4 Å². The van der Waals surface area contributed by atoms with Crippen LogP contribution in [0.3, 0.4) is 0 Å². The topological polar surface area (TPSA) is 51.2 Å². The van der Waals surface area contributed by atoms with Crippen LogP contribution in [0.2, 0.25) is 0 Å². The highest BCUT2D eigenvalue weighted by Crippen LogP contribution is 2.23. The van der Waals surface area contributed by atoms with E-state index in [9.17, 15) is 5.11 Å². The molecule has 3 aromatic rings. The zero-order chi connectivity index (χ0) is 14.7. The smallest absolute Gasteiger partial charge is 0.115 e. The number of phenolic OH excluding ortho intramolecular Hbond substituents is 1. The van der Waals surface area contributed by atoms with Gasteiger partial charge in [0.1, 0.15) is 5.75 Å². The number of hydrogen-bond donors (Lipinski definition) is 2. The largest absolute Gasteiger partial charge is 0.508 e. The third-order valence-electron chi connectivity index (χ3n) is 3.81. The molecule has 0 amide bonds. The number of aryl methyl sites for hydroxylation is 1. The number of aromatic hydroxyl groups is 1. The quantitative estimate of drug-likeness (QED) is 0.753. The normalized spacial score (nSPS) is 11.1. The predicted molar refractivity (Wildman–Crippen MR) is 86.5 cm³/mol. The molecule has 3 nitrogen and oxygen atoms in total. The molecule has 0 spiro atoms. The Hall–Kier alpha value is -2.26. The number of rotatable bonds is 5. The molecule has 0 saturated heterocycles. The third kappa shape index (κ3) is 2.93. The van der Waals surface area contributed by atoms with E-state index in [1.54, 1.807) is 12.1 Å². The average Bonchev–Trinajstić information content (AvgIpc) is 2.86. The first-order valence-electron chi connectivity index (χ1n) is 7.32. The number of nitrogens with zero attached hydrogens (tertiary/aromatic N) is 1. The standard InChI is InChI=1S/C18H20N2O/c19-11-3-4-15-13-20(18-6-2-1-5-17(15)18)12-14-7-9-16(21)10-8-14/h1-2,5-10,13,21H,3-4,11-12,19H2. The second-order valence-corrected chi connectivity index (χ2v) is 5.36. The van der Waals surface area contributed by atoms with E-state index in [0.717, 1.165) is 25.9 Å². The molecule has 3 heteroatoms. The van der Waals surface area contributed by atoms with E-state index in [2.05, 4.69) is 35.0 Å². The minimum absolute atomic E-state index is 0.305. The fraction of sp³-hybridized carbons (Fsp3) is 0.222. The van der Waals surface area contributed by atoms with E-state index in [1.165, 1.54) is 22.0 Å². The van der Waals surface area contributed by atoms with Crippen LogP contribution < -0.4 is 5.73 Å². The molecule has 0 radical (unpaired) electrons. The molecule has 0 bridgehead atoms. The molecule has 3 rings (SSSR count). The van der Waals surface area contributed by atoms with Crippen molar-refractivity contribution in [2.75, 3.05) is 6.54 Å². The van der Waals surface area contributed by atoms with Crippen molar-refractivity contribution in [2.24, 2.45) is 5.73 Å². The van der Waals surface area contributed by atoms with Crippen molar-refractivity contribution in [1.82, 2.24) is 4.57 Å². The molecular formula is C18H20N2O. The summed E-state index contributed by atoms with van der Waals surface area (Å²) in [6.45, 7) is 1.53. The van der Waals surface area contributed by atoms with Gasteiger partial charge in [-0.15, -0.1) is 0 Å². The molecule has 2 aromatic carbocycles. The Morgan fingerprint density at radius 3 is 2.52 bits per heavy atom. The Balaban J connectivity index is 1.96. The maximum absolute atomic E-state index is 9.38. The van der Waals surface area contributed by atoms with Crippen molar-refractivity contribution in [2.45, 2.75) is 19.4 Å². The van der Waals surface area contributed by atoms with Crippen molar-refractivity contribution in [3.63, 3.8) is 0 Å². The lowest BCUT2D eigenvalue weighted by molar-refractivity contribution is 0.475. The maximum atomic E-state index is 9.38. The summed E-state index contributed by atoms with van der Waals surface area (Å²) in [4.78, 5) is 0. The Morgan fingerprint density at radius 2 is 1.76 bits per heavy atom. The van der Waals surface area contributed by atoms with Crippen molar-refractivity contribution < 1.29 is 5.11 Å². The molecule has 0 aliphatic heterocycles. The van der Waals surface area contributed by atoms with Crippen LogP contribution >= 0.6 is 0 Å². The first-order valence-corrected chi connectivity index (χ1v) is 7.32. The van der Waals surface area contributed by atoms with Gasteiger partial charge in [0.25, 0.3) is 0 Å². The number of aromatic nitrogens is 1. The van der Waals surface area contributed by atoms with Crippen molar-refractivity contribution in [1.29, 1.82) is 0 Å². The summed E-state index contributed by atoms with van der Waals surface area (Å²) < 4.78 is 2.27. The zero-order valence-electron chi connectivity index (χ0n) is 12.0. The van der Waals surface area contributed by atoms with E-state index in [4.69, 9.17) is 5.73 Å². The highest BCUT2D eigenvalue weighted by atomic mass is 16.3. The summed E-state index contributed by atoms with van der Waals surface area (Å²) in [7, 11) is 0. The van der Waals surface area contributed by atoms with Gasteiger partial charge in [-0.05, 0) is 48.7 Å². The average molecular weight is 280 g/mol. The molecule has 1 aromatic heterocycles. The Labute approximate surface area is 124 Å². The van der Waals surface area contributed by atoms with Crippen LogP contribution in [0.1, 0.15) is 17.5 Å². The molecule has 1 heterocycles. The second kappa shape index (κ2) is 6.02. The van der Waals surface area contributed by atoms with Crippen molar-refractivity contribution >= 4 is 10.9 Å². The van der Waals surface area contributed by atoms with Gasteiger partial charge in [0.05, 0.1) is 0 Å². The lowest BCUT2D eigenvalue weighted by Crippen LogP contribution is -2.00. The molecule has 0 atom stereocenters. The number of fused-ring (bicyclic) bond motifs is 1. The molecule has 21 heavy (non-hydrogen) atoms. The monoisotopic (exact) mass is 280 g/mol. The van der Waals surface area contributed by atoms with E-state index in [1.807, 2.05) is 12.1 Å². The minimum Gasteiger partial charge on any atom is -0.508 e. The van der Waals surface area contributed by atoms with Gasteiger partial charge in [-0.2, -0.15) is 0 Å². The Kier molecular flexibility index (Phi) is 3.93. The van der Waals surface area contributed by atoms with Gasteiger partial charge in [-0.25, -0.2) is 0 Å². The zero-order valence-corrected chi connectivity index (χ0v) is 12.0. The molecule has 108 valence electrons. The lowest BCUT2D eigenvalue weighted by atomic mass is 10.1. The van der Waals surface area contributed by atoms with Crippen LogP contribution in [-0.2, 0) is 13.0 Å². The van der Waals surface area contributed by atoms with Gasteiger partial charge in [-0.3, -0.25) is 0 Å². The maximum Gasteiger partial charge on any atom is 0.115 e. The fourth-order valence-electron chi connectivity index (χ4n) is 2.74. The predicted octanol–water partition coefficient (Wildman–Crippen LogP) is 3.29. The minimum atomic E-state index is 0.305. The first-order chi connectivity index (χ1) is 10.3. The highest BCUT2D eigenvalue weighted by Gasteiger charge is 2.08. The van der Waals surface area contributed by atoms with E-state index in [0.29, 0.717) is 5.75 Å². The van der Waals surface area contributed by atoms with Gasteiger partial charge >= 0.3 is 0 Å². The molecule has 0 fully saturated rings. The molecule has 0 aliphatic carbocycles. The molecule has 3 N–H and O–H groups in total. The molecule has 0 saturated carbocycles. The number of hydrogen-bond acceptors (Lipinski definition) is 2. The first kappa shape index (κ1) is 13.7. The summed E-state index contributed by atoms with van der Waals surface area (Å²) in [5.74, 6) is 0.305. The van der Waals surface area contributed by atoms with Crippen molar-refractivity contribution in [3.8, 4) is 5.75 Å². The Bertz CT molecular complexity index is 729. The van der Waals surface area contributed by atoms with Crippen LogP contribution in [0.5, 0.6) is 5.75 Å². The molecular weight excluding hydrogens is 260 g/mol. The van der Waals surface area contributed by atoms with Gasteiger partial charge in [-0.1, -0.05) is 30.3 Å². The van der Waals surface area contributed by atoms with Gasteiger partial charge in [0.15, 0.2) is 0 Å². The lowest BCUT2D eigenvalue weighted by Gasteiger charge is -2.05. The van der Waals surface area contributed by atoms with Crippen LogP contribution in [0, 0.1) is 0 Å². The van der Waals surface area contributed by atoms with E-state index in [-0.39, 0.29) is 0 Å². The van der Waals surface area contributed by atoms with Crippen LogP contribution in [-0.4, -0.2) is 16.2 Å². The van der Waals surface area contributed by atoms with E-state index >= 15 is 0 Å². The summed E-state index contributed by atoms with van der Waals surface area (Å²) in [5.41, 5.74) is 9.42. The van der Waals surface area contributed by atoms with Crippen LogP contribution in [0.25, 0.3) is 10.9 Å². The number of nitrogens with two attached hydrogens (primary N) is 1. The second-order valence-electron chi connectivity index (χ2n) is 5.36. The highest BCUT2D eigenvalue weighted by molar-refractivity contribution is 5.84. The van der Waals surface area contributed by atoms with Crippen LogP contribution in [0.15, 0.2) is 54.7 Å². The third-order valence-corrected chi connectivity index (χ3v) is 3.81.